The number of carbonyl (C=O) groups excluding carboxylic acids is 2. The summed E-state index contributed by atoms with van der Waals surface area (Å²) in [5, 5.41) is 4.99. The van der Waals surface area contributed by atoms with Crippen molar-refractivity contribution < 1.29 is 14.3 Å². The minimum absolute atomic E-state index is 0.190. The number of nitrogens with one attached hydrogen (secondary N) is 1. The summed E-state index contributed by atoms with van der Waals surface area (Å²) >= 11 is 1.53. The molecular formula is C31H33N3O3S. The van der Waals surface area contributed by atoms with Gasteiger partial charge in [-0.3, -0.25) is 9.69 Å². The molecule has 38 heavy (non-hydrogen) atoms. The summed E-state index contributed by atoms with van der Waals surface area (Å²) in [6.45, 7) is 10.0. The van der Waals surface area contributed by atoms with Gasteiger partial charge in [-0.05, 0) is 81.6 Å². The lowest BCUT2D eigenvalue weighted by Gasteiger charge is -2.27. The van der Waals surface area contributed by atoms with Crippen LogP contribution in [0.2, 0.25) is 0 Å². The molecule has 7 heteroatoms. The maximum Gasteiger partial charge on any atom is 0.414 e. The van der Waals surface area contributed by atoms with Crippen LogP contribution in [0.25, 0.3) is 11.1 Å². The van der Waals surface area contributed by atoms with Crippen LogP contribution in [0.1, 0.15) is 48.0 Å². The second kappa shape index (κ2) is 11.6. The molecule has 0 unspecified atom stereocenters. The number of rotatable bonds is 7. The Bertz CT molecular complexity index is 1390. The Balaban J connectivity index is 1.54. The molecule has 1 N–H and O–H groups in total. The fourth-order valence-corrected chi connectivity index (χ4v) is 4.71. The molecule has 0 aliphatic rings. The van der Waals surface area contributed by atoms with E-state index in [4.69, 9.17) is 4.74 Å². The lowest BCUT2D eigenvalue weighted by molar-refractivity contribution is 0.0580. The van der Waals surface area contributed by atoms with Gasteiger partial charge >= 0.3 is 6.09 Å². The predicted molar refractivity (Wildman–Crippen MR) is 155 cm³/mol. The predicted octanol–water partition coefficient (Wildman–Crippen LogP) is 7.66. The molecule has 0 radical (unpaired) electrons. The molecule has 0 spiro atoms. The minimum Gasteiger partial charge on any atom is -0.443 e. The number of nitrogens with zero attached hydrogens (tertiary/aromatic N) is 2. The Kier molecular flexibility index (Phi) is 8.27. The van der Waals surface area contributed by atoms with E-state index in [2.05, 4.69) is 10.3 Å². The molecule has 196 valence electrons. The van der Waals surface area contributed by atoms with Gasteiger partial charge in [-0.25, -0.2) is 9.78 Å². The van der Waals surface area contributed by atoms with Gasteiger partial charge in [-0.2, -0.15) is 0 Å². The van der Waals surface area contributed by atoms with E-state index in [0.717, 1.165) is 22.4 Å². The van der Waals surface area contributed by atoms with Gasteiger partial charge in [-0.1, -0.05) is 42.0 Å². The standard InChI is InChI=1S/C31H33N3O3S/c1-21-9-11-23(12-10-21)28-22(2)7-6-8-27(28)29(35)33-24-13-15-26(16-14-24)34(30(36)37-31(3,4)5)18-17-25-19-38-20-32-25/h6-16,19-20H,17-18H2,1-5H3,(H,33,35). The van der Waals surface area contributed by atoms with Gasteiger partial charge in [0.15, 0.2) is 0 Å². The number of aryl methyl sites for hydroxylation is 2. The lowest BCUT2D eigenvalue weighted by Crippen LogP contribution is -2.38. The van der Waals surface area contributed by atoms with Crippen molar-refractivity contribution in [2.45, 2.75) is 46.6 Å². The highest BCUT2D eigenvalue weighted by atomic mass is 32.1. The van der Waals surface area contributed by atoms with Gasteiger partial charge in [0.05, 0.1) is 11.2 Å². The maximum atomic E-state index is 13.3. The average Bonchev–Trinajstić information content (AvgIpc) is 3.38. The first-order chi connectivity index (χ1) is 18.1. The number of thiazole rings is 1. The third-order valence-electron chi connectivity index (χ3n) is 5.98. The van der Waals surface area contributed by atoms with Crippen LogP contribution in [0.4, 0.5) is 16.2 Å². The van der Waals surface area contributed by atoms with Crippen molar-refractivity contribution in [2.24, 2.45) is 0 Å². The van der Waals surface area contributed by atoms with E-state index in [-0.39, 0.29) is 5.91 Å². The van der Waals surface area contributed by atoms with Crippen LogP contribution in [0, 0.1) is 13.8 Å². The topological polar surface area (TPSA) is 71.5 Å². The van der Waals surface area contributed by atoms with E-state index in [9.17, 15) is 9.59 Å². The largest absolute Gasteiger partial charge is 0.443 e. The zero-order valence-corrected chi connectivity index (χ0v) is 23.3. The Morgan fingerprint density at radius 3 is 2.32 bits per heavy atom. The highest BCUT2D eigenvalue weighted by Crippen LogP contribution is 2.29. The van der Waals surface area contributed by atoms with E-state index in [1.54, 1.807) is 22.5 Å². The molecule has 0 saturated carbocycles. The number of aromatic nitrogens is 1. The van der Waals surface area contributed by atoms with Gasteiger partial charge in [0, 0.05) is 35.3 Å². The Morgan fingerprint density at radius 1 is 0.974 bits per heavy atom. The van der Waals surface area contributed by atoms with E-state index in [0.29, 0.717) is 29.9 Å². The van der Waals surface area contributed by atoms with Gasteiger partial charge in [-0.15, -0.1) is 11.3 Å². The smallest absolute Gasteiger partial charge is 0.414 e. The number of anilines is 2. The lowest BCUT2D eigenvalue weighted by atomic mass is 9.94. The maximum absolute atomic E-state index is 13.3. The molecule has 1 heterocycles. The molecule has 4 aromatic rings. The van der Waals surface area contributed by atoms with Crippen LogP contribution in [-0.2, 0) is 11.2 Å². The first-order valence-electron chi connectivity index (χ1n) is 12.6. The minimum atomic E-state index is -0.618. The van der Waals surface area contributed by atoms with Crippen molar-refractivity contribution in [1.29, 1.82) is 0 Å². The monoisotopic (exact) mass is 527 g/mol. The van der Waals surface area contributed by atoms with Crippen molar-refractivity contribution in [3.8, 4) is 11.1 Å². The van der Waals surface area contributed by atoms with Crippen LogP contribution >= 0.6 is 11.3 Å². The third kappa shape index (κ3) is 6.86. The normalized spacial score (nSPS) is 11.2. The highest BCUT2D eigenvalue weighted by molar-refractivity contribution is 7.07. The first-order valence-corrected chi connectivity index (χ1v) is 13.5. The average molecular weight is 528 g/mol. The zero-order chi connectivity index (χ0) is 27.3. The van der Waals surface area contributed by atoms with Crippen molar-refractivity contribution in [1.82, 2.24) is 4.98 Å². The molecule has 0 atom stereocenters. The highest BCUT2D eigenvalue weighted by Gasteiger charge is 2.24. The number of amides is 2. The quantitative estimate of drug-likeness (QED) is 0.268. The SMILES string of the molecule is Cc1ccc(-c2c(C)cccc2C(=O)Nc2ccc(N(CCc3cscn3)C(=O)OC(C)(C)C)cc2)cc1. The number of ether oxygens (including phenoxy) is 1. The molecule has 0 aliphatic heterocycles. The van der Waals surface area contributed by atoms with Crippen LogP contribution < -0.4 is 10.2 Å². The Hall–Kier alpha value is -3.97. The molecule has 0 fully saturated rings. The summed E-state index contributed by atoms with van der Waals surface area (Å²) in [6.07, 6.45) is 0.183. The molecule has 0 saturated heterocycles. The first kappa shape index (κ1) is 27.1. The van der Waals surface area contributed by atoms with Gasteiger partial charge < -0.3 is 10.1 Å². The molecule has 2 amide bonds. The summed E-state index contributed by atoms with van der Waals surface area (Å²) in [6, 6.07) is 21.2. The Labute approximate surface area is 228 Å². The summed E-state index contributed by atoms with van der Waals surface area (Å²) in [5.41, 5.74) is 8.14. The van der Waals surface area contributed by atoms with Crippen LogP contribution in [0.15, 0.2) is 77.6 Å². The summed E-state index contributed by atoms with van der Waals surface area (Å²) in [7, 11) is 0. The molecule has 0 bridgehead atoms. The summed E-state index contributed by atoms with van der Waals surface area (Å²) in [5.74, 6) is -0.190. The number of carbonyl (C=O) groups is 2. The number of hydrogen-bond acceptors (Lipinski definition) is 5. The fourth-order valence-electron chi connectivity index (χ4n) is 4.11. The molecule has 0 aliphatic carbocycles. The summed E-state index contributed by atoms with van der Waals surface area (Å²) in [4.78, 5) is 32.3. The third-order valence-corrected chi connectivity index (χ3v) is 6.62. The van der Waals surface area contributed by atoms with E-state index < -0.39 is 11.7 Å². The van der Waals surface area contributed by atoms with E-state index in [1.165, 1.54) is 16.9 Å². The van der Waals surface area contributed by atoms with Crippen molar-refractivity contribution in [3.05, 3.63) is 100 Å². The molecule has 3 aromatic carbocycles. The van der Waals surface area contributed by atoms with Crippen LogP contribution in [0.5, 0.6) is 0 Å². The number of benzene rings is 3. The van der Waals surface area contributed by atoms with Crippen LogP contribution in [0.3, 0.4) is 0 Å². The van der Waals surface area contributed by atoms with E-state index in [1.807, 2.05) is 94.6 Å². The zero-order valence-electron chi connectivity index (χ0n) is 22.4. The van der Waals surface area contributed by atoms with Crippen LogP contribution in [-0.4, -0.2) is 29.1 Å². The van der Waals surface area contributed by atoms with Gasteiger partial charge in [0.2, 0.25) is 0 Å². The molecular weight excluding hydrogens is 494 g/mol. The van der Waals surface area contributed by atoms with Crippen molar-refractivity contribution >= 4 is 34.7 Å². The molecule has 4 rings (SSSR count). The fraction of sp³-hybridized carbons (Fsp3) is 0.258. The van der Waals surface area contributed by atoms with Gasteiger partial charge in [0.25, 0.3) is 5.91 Å². The Morgan fingerprint density at radius 2 is 1.68 bits per heavy atom. The van der Waals surface area contributed by atoms with Crippen molar-refractivity contribution in [2.75, 3.05) is 16.8 Å². The molecule has 6 nitrogen and oxygen atoms in total. The van der Waals surface area contributed by atoms with Crippen molar-refractivity contribution in [3.63, 3.8) is 0 Å². The number of hydrogen-bond donors (Lipinski definition) is 1. The second-order valence-corrected chi connectivity index (χ2v) is 10.9. The summed E-state index contributed by atoms with van der Waals surface area (Å²) < 4.78 is 5.65. The van der Waals surface area contributed by atoms with Gasteiger partial charge in [0.1, 0.15) is 5.60 Å². The van der Waals surface area contributed by atoms with E-state index >= 15 is 0 Å². The molecule has 1 aromatic heterocycles. The second-order valence-electron chi connectivity index (χ2n) is 10.2.